The first-order valence-electron chi connectivity index (χ1n) is 43.9. The van der Waals surface area contributed by atoms with Crippen LogP contribution in [-0.2, 0) is 4.79 Å². The first-order valence-corrected chi connectivity index (χ1v) is 43.9. The first kappa shape index (κ1) is 90.6. The molecule has 0 spiro atoms. The number of nitrogens with zero attached hydrogens (tertiary/aromatic N) is 14. The zero-order chi connectivity index (χ0) is 90.7. The molecule has 0 atom stereocenters. The van der Waals surface area contributed by atoms with E-state index < -0.39 is 0 Å². The molecule has 14 aromatic rings. The second kappa shape index (κ2) is 44.5. The number of hydrogen-bond donors (Lipinski definition) is 5. The van der Waals surface area contributed by atoms with Gasteiger partial charge in [0, 0.05) is 190 Å². The molecule has 5 N–H and O–H groups in total. The van der Waals surface area contributed by atoms with Gasteiger partial charge < -0.3 is 60.4 Å². The number of piperazine rings is 2. The lowest BCUT2D eigenvalue weighted by Gasteiger charge is -2.36. The molecule has 26 nitrogen and oxygen atoms in total. The van der Waals surface area contributed by atoms with Crippen LogP contribution in [0.4, 0.5) is 52.2 Å². The molecule has 26 heteroatoms. The van der Waals surface area contributed by atoms with Crippen LogP contribution in [0.25, 0.3) is 45.0 Å². The molecule has 0 bridgehead atoms. The van der Waals surface area contributed by atoms with E-state index in [1.807, 2.05) is 161 Å². The Hall–Kier alpha value is -15.6. The van der Waals surface area contributed by atoms with Crippen molar-refractivity contribution in [1.82, 2.24) is 69.7 Å². The fourth-order valence-corrected chi connectivity index (χ4v) is 14.8. The van der Waals surface area contributed by atoms with Crippen LogP contribution >= 0.6 is 0 Å². The van der Waals surface area contributed by atoms with E-state index in [-0.39, 0.29) is 35.4 Å². The molecule has 3 aliphatic rings. The fraction of sp³-hybridized carbons (Fsp3) is 0.231. The van der Waals surface area contributed by atoms with Crippen molar-refractivity contribution in [3.8, 4) is 45.0 Å². The largest absolute Gasteiger partial charge is 0.459 e. The summed E-state index contributed by atoms with van der Waals surface area (Å²) < 4.78 is 5.19. The van der Waals surface area contributed by atoms with Gasteiger partial charge in [0.2, 0.25) is 29.7 Å². The summed E-state index contributed by atoms with van der Waals surface area (Å²) in [5, 5.41) is 15.8. The molecule has 3 saturated heterocycles. The Balaban J connectivity index is 0.000000140. The number of nitrogens with one attached hydrogen (secondary N) is 5. The molecule has 3 fully saturated rings. The summed E-state index contributed by atoms with van der Waals surface area (Å²) in [6.45, 7) is 22.4. The van der Waals surface area contributed by atoms with Gasteiger partial charge in [-0.1, -0.05) is 151 Å². The van der Waals surface area contributed by atoms with Crippen molar-refractivity contribution in [3.63, 3.8) is 0 Å². The Morgan fingerprint density at radius 3 is 0.985 bits per heavy atom. The SMILES string of the molecule is CC(=O)N1CCCN(C(=O)c2ccc(Nc3nccc(-c4ccc(C)cc4)n3)cc2)CC1.Cc1ccc(-c2ccnc(Nc3ccc(C(=O)N4CCN(C(=O)c5ccco5)CC4)cc3)n2)cc1.Cc1ccc(-c2ccnc(Nc3ccc(C(=O)N4CCN(c5ccccc5)CC4)cc3)n2)cc1.Cc1ccc(-c2ccnc(Nc3ccc(C(=O)NCCCC(C)C)cc3)n2)cc1. The third-order valence-electron chi connectivity index (χ3n) is 22.3. The third kappa shape index (κ3) is 25.6. The van der Waals surface area contributed by atoms with Crippen LogP contribution in [0.2, 0.25) is 0 Å². The topological polar surface area (TPSA) is 298 Å². The van der Waals surface area contributed by atoms with E-state index in [0.717, 1.165) is 100 Å². The normalized spacial score (nSPS) is 13.0. The molecule has 6 amide bonds. The van der Waals surface area contributed by atoms with Crippen molar-refractivity contribution in [2.45, 2.75) is 67.7 Å². The van der Waals surface area contributed by atoms with Gasteiger partial charge in [0.1, 0.15) is 0 Å². The standard InChI is InChI=1S/C28H27N5O.C27H25N5O3.C25H27N5O2.C24H28N4O/c1-21-7-9-22(10-8-21)26-15-16-29-28(31-26)30-24-13-11-23(12-14-24)27(34)33-19-17-32(18-20-33)25-5-3-2-4-6-25;1-19-4-6-20(7-5-19)23-12-13-28-27(30-23)29-22-10-8-21(9-11-22)25(33)31-14-16-32(17-15-31)26(34)24-3-2-18-35-24;1-18-4-6-20(7-5-18)23-12-13-26-25(28-23)27-22-10-8-21(9-11-22)24(32)30-15-3-14-29(16-17-30)19(2)31;1-17(2)5-4-15-25-23(29)20-10-12-21(13-11-20)27-24-26-16-14-22(28-24)19-8-6-18(3)7-9-19/h2-16H,17-20H2,1H3,(H,29,30,31);2-13,18H,14-17H2,1H3,(H,28,29,30);4-13H,3,14-17H2,1-2H3,(H,26,27,28);6-14,16-17H,4-5,15H2,1-3H3,(H,25,29)(H,26,27,28). The number of aromatic nitrogens is 8. The van der Waals surface area contributed by atoms with Crippen LogP contribution in [0.3, 0.4) is 0 Å². The van der Waals surface area contributed by atoms with Crippen LogP contribution in [0, 0.1) is 33.6 Å². The molecule has 0 aliphatic carbocycles. The van der Waals surface area contributed by atoms with Gasteiger partial charge in [-0.2, -0.15) is 0 Å². The van der Waals surface area contributed by atoms with Crippen molar-refractivity contribution in [1.29, 1.82) is 0 Å². The summed E-state index contributed by atoms with van der Waals surface area (Å²) in [5.74, 6) is 2.87. The molecule has 17 rings (SSSR count). The number of para-hydroxylation sites is 1. The molecule has 0 saturated carbocycles. The van der Waals surface area contributed by atoms with E-state index in [0.29, 0.717) is 130 Å². The van der Waals surface area contributed by atoms with Crippen molar-refractivity contribution < 1.29 is 33.2 Å². The lowest BCUT2D eigenvalue weighted by atomic mass is 10.1. The van der Waals surface area contributed by atoms with Gasteiger partial charge in [0.05, 0.1) is 29.0 Å². The lowest BCUT2D eigenvalue weighted by molar-refractivity contribution is -0.128. The quantitative estimate of drug-likeness (QED) is 0.0394. The highest BCUT2D eigenvalue weighted by atomic mass is 16.3. The predicted octanol–water partition coefficient (Wildman–Crippen LogP) is 18.8. The highest BCUT2D eigenvalue weighted by Crippen LogP contribution is 2.29. The first-order chi connectivity index (χ1) is 63.2. The Labute approximate surface area is 758 Å². The fourth-order valence-electron chi connectivity index (χ4n) is 14.8. The summed E-state index contributed by atoms with van der Waals surface area (Å²) in [6.07, 6.45) is 11.3. The highest BCUT2D eigenvalue weighted by molar-refractivity contribution is 5.97. The highest BCUT2D eigenvalue weighted by Gasteiger charge is 2.28. The van der Waals surface area contributed by atoms with E-state index in [9.17, 15) is 28.8 Å². The summed E-state index contributed by atoms with van der Waals surface area (Å²) >= 11 is 0. The molecule has 3 aliphatic heterocycles. The number of amides is 6. The minimum Gasteiger partial charge on any atom is -0.459 e. The third-order valence-corrected chi connectivity index (χ3v) is 22.3. The minimum absolute atomic E-state index is 0.0143. The summed E-state index contributed by atoms with van der Waals surface area (Å²) in [5.41, 5.74) is 19.4. The predicted molar refractivity (Wildman–Crippen MR) is 512 cm³/mol. The molecule has 0 unspecified atom stereocenters. The van der Waals surface area contributed by atoms with Crippen molar-refractivity contribution in [2.24, 2.45) is 5.92 Å². The van der Waals surface area contributed by atoms with Crippen LogP contribution in [0.1, 0.15) is 114 Å². The van der Waals surface area contributed by atoms with Crippen LogP contribution in [0.15, 0.2) is 296 Å². The van der Waals surface area contributed by atoms with Crippen LogP contribution in [-0.4, -0.2) is 185 Å². The Kier molecular flexibility index (Phi) is 31.0. The van der Waals surface area contributed by atoms with Crippen molar-refractivity contribution in [3.05, 3.63) is 342 Å². The van der Waals surface area contributed by atoms with Crippen molar-refractivity contribution in [2.75, 3.05) is 111 Å². The molecule has 9 aromatic carbocycles. The number of hydrogen-bond acceptors (Lipinski definition) is 20. The number of anilines is 9. The van der Waals surface area contributed by atoms with Gasteiger partial charge in [-0.15, -0.1) is 0 Å². The van der Waals surface area contributed by atoms with E-state index in [1.54, 1.807) is 70.7 Å². The Morgan fingerprint density at radius 2 is 0.654 bits per heavy atom. The second-order valence-electron chi connectivity index (χ2n) is 32.5. The maximum atomic E-state index is 13.0. The van der Waals surface area contributed by atoms with E-state index in [1.165, 1.54) is 34.2 Å². The Bertz CT molecular complexity index is 6080. The number of aryl methyl sites for hydroxylation is 4. The molecule has 8 heterocycles. The number of carbonyl (C=O) groups is 6. The summed E-state index contributed by atoms with van der Waals surface area (Å²) in [6, 6.07) is 83.6. The molecule has 0 radical (unpaired) electrons. The average Bonchev–Trinajstić information content (AvgIpc) is 1.18. The van der Waals surface area contributed by atoms with Gasteiger partial charge >= 0.3 is 0 Å². The smallest absolute Gasteiger partial charge is 0.289 e. The van der Waals surface area contributed by atoms with E-state index in [2.05, 4.69) is 198 Å². The monoisotopic (exact) mass is 1730 g/mol. The van der Waals surface area contributed by atoms with E-state index >= 15 is 0 Å². The van der Waals surface area contributed by atoms with Gasteiger partial charge in [-0.25, -0.2) is 39.9 Å². The zero-order valence-corrected chi connectivity index (χ0v) is 74.2. The number of rotatable bonds is 22. The number of carbonyl (C=O) groups excluding carboxylic acids is 6. The molecular formula is C104H107N19O7. The zero-order valence-electron chi connectivity index (χ0n) is 74.2. The Morgan fingerprint density at radius 1 is 0.338 bits per heavy atom. The second-order valence-corrected chi connectivity index (χ2v) is 32.5. The summed E-state index contributed by atoms with van der Waals surface area (Å²) in [4.78, 5) is 122. The number of benzene rings is 9. The van der Waals surface area contributed by atoms with Crippen molar-refractivity contribution >= 4 is 87.7 Å². The maximum absolute atomic E-state index is 13.0. The number of furan rings is 1. The van der Waals surface area contributed by atoms with Gasteiger partial charge in [0.25, 0.3) is 29.5 Å². The van der Waals surface area contributed by atoms with Crippen LogP contribution in [0.5, 0.6) is 0 Å². The molecular weight excluding hydrogens is 1630 g/mol. The maximum Gasteiger partial charge on any atom is 0.289 e. The van der Waals surface area contributed by atoms with E-state index in [4.69, 9.17) is 4.42 Å². The van der Waals surface area contributed by atoms with Crippen LogP contribution < -0.4 is 31.5 Å². The lowest BCUT2D eigenvalue weighted by Crippen LogP contribution is -2.50. The summed E-state index contributed by atoms with van der Waals surface area (Å²) in [7, 11) is 0. The molecule has 130 heavy (non-hydrogen) atoms. The van der Waals surface area contributed by atoms with Gasteiger partial charge in [-0.3, -0.25) is 28.8 Å². The van der Waals surface area contributed by atoms with Gasteiger partial charge in [-0.05, 0) is 198 Å². The minimum atomic E-state index is -0.147. The molecule has 5 aromatic heterocycles. The van der Waals surface area contributed by atoms with Gasteiger partial charge in [0.15, 0.2) is 5.76 Å². The average molecular weight is 1740 g/mol. The molecule has 660 valence electrons.